The minimum absolute atomic E-state index is 0.450. The van der Waals surface area contributed by atoms with Crippen molar-refractivity contribution in [2.75, 3.05) is 32.0 Å². The van der Waals surface area contributed by atoms with Crippen LogP contribution in [0, 0.1) is 0 Å². The third kappa shape index (κ3) is 6.69. The van der Waals surface area contributed by atoms with E-state index in [1.165, 1.54) is 24.1 Å². The molecule has 1 heterocycles. The average Bonchev–Trinajstić information content (AvgIpc) is 2.57. The Balaban J connectivity index is 1.98. The number of nitrogens with one attached hydrogen (secondary N) is 1. The zero-order valence-electron chi connectivity index (χ0n) is 14.3. The number of anilines is 1. The summed E-state index contributed by atoms with van der Waals surface area (Å²) in [5, 5.41) is 0. The molecule has 0 amide bonds. The van der Waals surface area contributed by atoms with Crippen LogP contribution < -0.4 is 9.46 Å². The Hall–Kier alpha value is -1.45. The van der Waals surface area contributed by atoms with E-state index in [1.54, 1.807) is 6.20 Å². The molecule has 1 N–H and O–H groups in total. The van der Waals surface area contributed by atoms with E-state index in [0.717, 1.165) is 29.6 Å². The highest BCUT2D eigenvalue weighted by Gasteiger charge is 2.29. The lowest BCUT2D eigenvalue weighted by Gasteiger charge is -2.14. The number of alkyl halides is 3. The first-order chi connectivity index (χ1) is 12.3. The second-order valence-electron chi connectivity index (χ2n) is 5.74. The van der Waals surface area contributed by atoms with E-state index in [-0.39, 0.29) is 0 Å². The monoisotopic (exact) mass is 449 g/mol. The first-order valence-corrected chi connectivity index (χ1v) is 9.40. The second kappa shape index (κ2) is 9.48. The van der Waals surface area contributed by atoms with Gasteiger partial charge in [-0.05, 0) is 78.7 Å². The molecular formula is C17H19BrF3N3OS. The van der Waals surface area contributed by atoms with Gasteiger partial charge in [0, 0.05) is 22.1 Å². The van der Waals surface area contributed by atoms with Crippen LogP contribution in [0.2, 0.25) is 0 Å². The van der Waals surface area contributed by atoms with Crippen LogP contribution in [0.25, 0.3) is 0 Å². The number of halogens is 4. The molecule has 0 unspecified atom stereocenters. The van der Waals surface area contributed by atoms with Gasteiger partial charge in [0.15, 0.2) is 0 Å². The maximum Gasteiger partial charge on any atom is 0.416 e. The molecule has 0 spiro atoms. The number of aromatic nitrogens is 1. The van der Waals surface area contributed by atoms with Gasteiger partial charge in [0.1, 0.15) is 5.69 Å². The van der Waals surface area contributed by atoms with E-state index in [2.05, 4.69) is 30.5 Å². The van der Waals surface area contributed by atoms with Crippen molar-refractivity contribution in [2.24, 2.45) is 0 Å². The molecule has 0 radical (unpaired) electrons. The van der Waals surface area contributed by atoms with Crippen molar-refractivity contribution in [2.45, 2.75) is 17.5 Å². The van der Waals surface area contributed by atoms with Gasteiger partial charge < -0.3 is 14.4 Å². The normalized spacial score (nSPS) is 11.7. The van der Waals surface area contributed by atoms with Crippen LogP contribution >= 0.6 is 27.9 Å². The van der Waals surface area contributed by atoms with Gasteiger partial charge in [0.25, 0.3) is 0 Å². The lowest BCUT2D eigenvalue weighted by atomic mass is 10.2. The molecule has 142 valence electrons. The van der Waals surface area contributed by atoms with Crippen molar-refractivity contribution < 1.29 is 17.9 Å². The molecule has 1 aromatic heterocycles. The summed E-state index contributed by atoms with van der Waals surface area (Å²) in [5.41, 5.74) is -0.0231. The van der Waals surface area contributed by atoms with Crippen LogP contribution in [0.15, 0.2) is 45.9 Å². The lowest BCUT2D eigenvalue weighted by Crippen LogP contribution is -2.15. The molecule has 0 saturated carbocycles. The molecule has 0 saturated heterocycles. The van der Waals surface area contributed by atoms with E-state index in [4.69, 9.17) is 4.74 Å². The number of benzene rings is 1. The van der Waals surface area contributed by atoms with Gasteiger partial charge in [-0.25, -0.2) is 4.98 Å². The average molecular weight is 450 g/mol. The number of rotatable bonds is 8. The zero-order chi connectivity index (χ0) is 19.2. The molecule has 0 fully saturated rings. The summed E-state index contributed by atoms with van der Waals surface area (Å²) < 4.78 is 47.4. The Morgan fingerprint density at radius 2 is 1.92 bits per heavy atom. The van der Waals surface area contributed by atoms with E-state index < -0.39 is 11.7 Å². The van der Waals surface area contributed by atoms with Crippen LogP contribution in [0.5, 0.6) is 5.88 Å². The van der Waals surface area contributed by atoms with Crippen LogP contribution in [0.1, 0.15) is 12.0 Å². The predicted octanol–water partition coefficient (Wildman–Crippen LogP) is 5.31. The van der Waals surface area contributed by atoms with Crippen LogP contribution in [0.4, 0.5) is 18.9 Å². The number of pyridine rings is 1. The summed E-state index contributed by atoms with van der Waals surface area (Å²) in [6, 6.07) is 6.77. The fourth-order valence-electron chi connectivity index (χ4n) is 1.99. The molecule has 4 nitrogen and oxygen atoms in total. The second-order valence-corrected chi connectivity index (χ2v) is 7.53. The zero-order valence-corrected chi connectivity index (χ0v) is 16.7. The molecule has 0 bridgehead atoms. The van der Waals surface area contributed by atoms with Crippen molar-refractivity contribution >= 4 is 33.6 Å². The summed E-state index contributed by atoms with van der Waals surface area (Å²) >= 11 is 4.55. The van der Waals surface area contributed by atoms with Crippen molar-refractivity contribution in [3.05, 3.63) is 46.6 Å². The third-order valence-corrected chi connectivity index (χ3v) is 4.53. The maximum absolute atomic E-state index is 12.6. The topological polar surface area (TPSA) is 37.4 Å². The largest absolute Gasteiger partial charge is 0.476 e. The summed E-state index contributed by atoms with van der Waals surface area (Å²) in [6.45, 7) is 1.42. The van der Waals surface area contributed by atoms with Gasteiger partial charge in [0.05, 0.1) is 12.2 Å². The molecule has 0 aliphatic heterocycles. The Morgan fingerprint density at radius 1 is 1.23 bits per heavy atom. The Kier molecular flexibility index (Phi) is 7.60. The molecule has 1 aromatic carbocycles. The Morgan fingerprint density at radius 3 is 2.54 bits per heavy atom. The number of ether oxygens (including phenoxy) is 1. The van der Waals surface area contributed by atoms with Crippen molar-refractivity contribution in [1.29, 1.82) is 0 Å². The maximum atomic E-state index is 12.6. The number of hydrogen-bond donors (Lipinski definition) is 1. The van der Waals surface area contributed by atoms with Crippen molar-refractivity contribution in [3.63, 3.8) is 0 Å². The smallest absolute Gasteiger partial charge is 0.416 e. The number of hydrogen-bond acceptors (Lipinski definition) is 5. The molecular weight excluding hydrogens is 431 g/mol. The van der Waals surface area contributed by atoms with E-state index in [0.29, 0.717) is 23.1 Å². The van der Waals surface area contributed by atoms with Gasteiger partial charge in [-0.1, -0.05) is 0 Å². The highest BCUT2D eigenvalue weighted by molar-refractivity contribution is 9.10. The quantitative estimate of drug-likeness (QED) is 0.436. The Bertz CT molecular complexity index is 711. The molecule has 0 atom stereocenters. The molecule has 9 heteroatoms. The fourth-order valence-corrected chi connectivity index (χ4v) is 2.97. The van der Waals surface area contributed by atoms with Crippen molar-refractivity contribution in [1.82, 2.24) is 9.88 Å². The minimum Gasteiger partial charge on any atom is -0.476 e. The molecule has 26 heavy (non-hydrogen) atoms. The van der Waals surface area contributed by atoms with Gasteiger partial charge >= 0.3 is 6.18 Å². The van der Waals surface area contributed by atoms with E-state index in [9.17, 15) is 13.2 Å². The van der Waals surface area contributed by atoms with Gasteiger partial charge in [-0.2, -0.15) is 13.2 Å². The first kappa shape index (κ1) is 20.9. The summed E-state index contributed by atoms with van der Waals surface area (Å²) in [4.78, 5) is 6.96. The van der Waals surface area contributed by atoms with Gasteiger partial charge in [-0.3, -0.25) is 0 Å². The standard InChI is InChI=1S/C17H19BrF3N3OS/c1-24(2)8-3-9-25-16-15(10-13(18)11-22-16)23-26-14-6-4-12(5-7-14)17(19,20)21/h4-7,10-11,23H,3,8-9H2,1-2H3. The molecule has 2 rings (SSSR count). The predicted molar refractivity (Wildman–Crippen MR) is 102 cm³/mol. The summed E-state index contributed by atoms with van der Waals surface area (Å²) in [7, 11) is 3.98. The highest BCUT2D eigenvalue weighted by atomic mass is 79.9. The number of nitrogens with zero attached hydrogens (tertiary/aromatic N) is 2. The van der Waals surface area contributed by atoms with Crippen LogP contribution in [0.3, 0.4) is 0 Å². The van der Waals surface area contributed by atoms with Crippen LogP contribution in [-0.2, 0) is 6.18 Å². The lowest BCUT2D eigenvalue weighted by molar-refractivity contribution is -0.137. The minimum atomic E-state index is -4.33. The van der Waals surface area contributed by atoms with Gasteiger partial charge in [0.2, 0.25) is 5.88 Å². The van der Waals surface area contributed by atoms with Crippen molar-refractivity contribution in [3.8, 4) is 5.88 Å². The van der Waals surface area contributed by atoms with E-state index in [1.807, 2.05) is 20.2 Å². The summed E-state index contributed by atoms with van der Waals surface area (Å²) in [5.74, 6) is 0.450. The first-order valence-electron chi connectivity index (χ1n) is 7.79. The highest BCUT2D eigenvalue weighted by Crippen LogP contribution is 2.33. The summed E-state index contributed by atoms with van der Waals surface area (Å²) in [6.07, 6.45) is -1.84. The Labute approximate surface area is 163 Å². The van der Waals surface area contributed by atoms with Crippen LogP contribution in [-0.4, -0.2) is 37.1 Å². The molecule has 0 aliphatic rings. The SMILES string of the molecule is CN(C)CCCOc1ncc(Br)cc1NSc1ccc(C(F)(F)F)cc1. The van der Waals surface area contributed by atoms with Gasteiger partial charge in [-0.15, -0.1) is 0 Å². The van der Waals surface area contributed by atoms with E-state index >= 15 is 0 Å². The fraction of sp³-hybridized carbons (Fsp3) is 0.353. The molecule has 2 aromatic rings. The third-order valence-electron chi connectivity index (χ3n) is 3.27. The molecule has 0 aliphatic carbocycles.